The van der Waals surface area contributed by atoms with Gasteiger partial charge >= 0.3 is 5.97 Å². The number of anilines is 1. The van der Waals surface area contributed by atoms with Crippen LogP contribution in [0, 0.1) is 17.5 Å². The SMILES string of the molecule is O=C(COC(=O)CNS(=O)(=O)c1ccc(F)cc1)Nc1ccc(F)c(F)c1. The molecule has 2 aromatic carbocycles. The van der Waals surface area contributed by atoms with Crippen molar-refractivity contribution < 1.29 is 35.9 Å². The number of benzene rings is 2. The van der Waals surface area contributed by atoms with E-state index in [0.717, 1.165) is 42.5 Å². The molecule has 2 N–H and O–H groups in total. The van der Waals surface area contributed by atoms with Crippen molar-refractivity contribution in [3.05, 3.63) is 59.9 Å². The van der Waals surface area contributed by atoms with Crippen molar-refractivity contribution in [1.82, 2.24) is 4.72 Å². The maximum Gasteiger partial charge on any atom is 0.321 e. The first-order chi connectivity index (χ1) is 12.7. The average molecular weight is 402 g/mol. The van der Waals surface area contributed by atoms with E-state index in [1.165, 1.54) is 0 Å². The molecule has 1 amide bonds. The Morgan fingerprint density at radius 3 is 2.26 bits per heavy atom. The lowest BCUT2D eigenvalue weighted by atomic mass is 10.3. The number of ether oxygens (including phenoxy) is 1. The highest BCUT2D eigenvalue weighted by atomic mass is 32.2. The second-order valence-electron chi connectivity index (χ2n) is 5.12. The first-order valence-electron chi connectivity index (χ1n) is 7.33. The fourth-order valence-electron chi connectivity index (χ4n) is 1.82. The number of carbonyl (C=O) groups excluding carboxylic acids is 2. The summed E-state index contributed by atoms with van der Waals surface area (Å²) in [5, 5.41) is 2.17. The molecule has 7 nitrogen and oxygen atoms in total. The third kappa shape index (κ3) is 6.08. The van der Waals surface area contributed by atoms with Gasteiger partial charge in [-0.3, -0.25) is 9.59 Å². The van der Waals surface area contributed by atoms with Crippen LogP contribution in [-0.2, 0) is 24.3 Å². The van der Waals surface area contributed by atoms with Crippen molar-refractivity contribution in [3.8, 4) is 0 Å². The molecule has 0 aliphatic carbocycles. The molecule has 144 valence electrons. The van der Waals surface area contributed by atoms with Gasteiger partial charge in [-0.1, -0.05) is 0 Å². The minimum atomic E-state index is -4.06. The molecule has 2 aromatic rings. The molecule has 0 aliphatic heterocycles. The topological polar surface area (TPSA) is 102 Å². The largest absolute Gasteiger partial charge is 0.455 e. The standard InChI is InChI=1S/C16H13F3N2O5S/c17-10-1-4-12(5-2-10)27(24,25)20-8-16(23)26-9-15(22)21-11-3-6-13(18)14(19)7-11/h1-7,20H,8-9H2,(H,21,22). The second-order valence-corrected chi connectivity index (χ2v) is 6.88. The summed E-state index contributed by atoms with van der Waals surface area (Å²) in [5.41, 5.74) is -0.0491. The second kappa shape index (κ2) is 8.64. The highest BCUT2D eigenvalue weighted by Crippen LogP contribution is 2.13. The lowest BCUT2D eigenvalue weighted by Gasteiger charge is -2.08. The van der Waals surface area contributed by atoms with E-state index in [9.17, 15) is 31.2 Å². The van der Waals surface area contributed by atoms with Gasteiger partial charge in [-0.2, -0.15) is 4.72 Å². The Morgan fingerprint density at radius 2 is 1.63 bits per heavy atom. The smallest absolute Gasteiger partial charge is 0.321 e. The van der Waals surface area contributed by atoms with Crippen molar-refractivity contribution in [1.29, 1.82) is 0 Å². The first kappa shape index (κ1) is 20.4. The molecule has 0 unspecified atom stereocenters. The van der Waals surface area contributed by atoms with Gasteiger partial charge in [-0.25, -0.2) is 21.6 Å². The Balaban J connectivity index is 1.80. The van der Waals surface area contributed by atoms with E-state index < -0.39 is 52.5 Å². The number of carbonyl (C=O) groups is 2. The highest BCUT2D eigenvalue weighted by molar-refractivity contribution is 7.89. The Bertz CT molecular complexity index is 949. The number of hydrogen-bond acceptors (Lipinski definition) is 5. The predicted molar refractivity (Wildman–Crippen MR) is 87.5 cm³/mol. The third-order valence-electron chi connectivity index (χ3n) is 3.10. The number of esters is 1. The molecule has 0 spiro atoms. The van der Waals surface area contributed by atoms with Crippen LogP contribution in [0.1, 0.15) is 0 Å². The van der Waals surface area contributed by atoms with Gasteiger partial charge in [0.2, 0.25) is 10.0 Å². The summed E-state index contributed by atoms with van der Waals surface area (Å²) in [5.74, 6) is -4.77. The zero-order chi connectivity index (χ0) is 20.0. The molecule has 0 saturated carbocycles. The van der Waals surface area contributed by atoms with Gasteiger partial charge in [0.05, 0.1) is 4.90 Å². The molecule has 0 radical (unpaired) electrons. The number of amides is 1. The van der Waals surface area contributed by atoms with E-state index in [1.54, 1.807) is 0 Å². The Labute approximate surface area is 152 Å². The van der Waals surface area contributed by atoms with Crippen molar-refractivity contribution in [3.63, 3.8) is 0 Å². The van der Waals surface area contributed by atoms with E-state index in [1.807, 2.05) is 4.72 Å². The molecule has 0 aliphatic rings. The maximum absolute atomic E-state index is 13.0. The van der Waals surface area contributed by atoms with E-state index in [2.05, 4.69) is 10.1 Å². The zero-order valence-corrected chi connectivity index (χ0v) is 14.4. The van der Waals surface area contributed by atoms with Crippen LogP contribution in [-0.4, -0.2) is 33.4 Å². The van der Waals surface area contributed by atoms with Crippen molar-refractivity contribution >= 4 is 27.6 Å². The average Bonchev–Trinajstić information content (AvgIpc) is 2.62. The monoisotopic (exact) mass is 402 g/mol. The number of hydrogen-bond donors (Lipinski definition) is 2. The molecule has 0 atom stereocenters. The van der Waals surface area contributed by atoms with Crippen LogP contribution in [0.2, 0.25) is 0 Å². The lowest BCUT2D eigenvalue weighted by Crippen LogP contribution is -2.32. The number of sulfonamides is 1. The molecule has 0 saturated heterocycles. The quantitative estimate of drug-likeness (QED) is 0.685. The summed E-state index contributed by atoms with van der Waals surface area (Å²) in [6, 6.07) is 6.56. The predicted octanol–water partition coefficient (Wildman–Crippen LogP) is 1.56. The van der Waals surface area contributed by atoms with Crippen LogP contribution in [0.4, 0.5) is 18.9 Å². The fraction of sp³-hybridized carbons (Fsp3) is 0.125. The van der Waals surface area contributed by atoms with Gasteiger partial charge in [0, 0.05) is 11.8 Å². The van der Waals surface area contributed by atoms with E-state index in [4.69, 9.17) is 0 Å². The Kier molecular flexibility index (Phi) is 6.53. The van der Waals surface area contributed by atoms with Gasteiger partial charge in [0.25, 0.3) is 5.91 Å². The van der Waals surface area contributed by atoms with Gasteiger partial charge < -0.3 is 10.1 Å². The summed E-state index contributed by atoms with van der Waals surface area (Å²) in [4.78, 5) is 22.9. The molecular weight excluding hydrogens is 389 g/mol. The van der Waals surface area contributed by atoms with Gasteiger partial charge in [-0.05, 0) is 36.4 Å². The molecule has 0 aromatic heterocycles. The van der Waals surface area contributed by atoms with Crippen LogP contribution < -0.4 is 10.0 Å². The zero-order valence-electron chi connectivity index (χ0n) is 13.5. The number of nitrogens with one attached hydrogen (secondary N) is 2. The van der Waals surface area contributed by atoms with Crippen molar-refractivity contribution in [2.75, 3.05) is 18.5 Å². The number of halogens is 3. The maximum atomic E-state index is 13.0. The molecule has 2 rings (SSSR count). The molecular formula is C16H13F3N2O5S. The Morgan fingerprint density at radius 1 is 0.963 bits per heavy atom. The third-order valence-corrected chi connectivity index (χ3v) is 4.52. The van der Waals surface area contributed by atoms with E-state index >= 15 is 0 Å². The number of rotatable bonds is 7. The molecule has 11 heteroatoms. The summed E-state index contributed by atoms with van der Waals surface area (Å²) in [6.07, 6.45) is 0. The van der Waals surface area contributed by atoms with Crippen molar-refractivity contribution in [2.45, 2.75) is 4.90 Å². The van der Waals surface area contributed by atoms with Crippen LogP contribution >= 0.6 is 0 Å². The van der Waals surface area contributed by atoms with Gasteiger partial charge in [0.15, 0.2) is 18.2 Å². The lowest BCUT2D eigenvalue weighted by molar-refractivity contribution is -0.146. The summed E-state index contributed by atoms with van der Waals surface area (Å²) in [7, 11) is -4.06. The summed E-state index contributed by atoms with van der Waals surface area (Å²) >= 11 is 0. The Hall–Kier alpha value is -2.92. The van der Waals surface area contributed by atoms with Crippen LogP contribution in [0.3, 0.4) is 0 Å². The van der Waals surface area contributed by atoms with Crippen LogP contribution in [0.5, 0.6) is 0 Å². The van der Waals surface area contributed by atoms with Crippen LogP contribution in [0.15, 0.2) is 47.4 Å². The molecule has 0 bridgehead atoms. The minimum Gasteiger partial charge on any atom is -0.455 e. The van der Waals surface area contributed by atoms with Gasteiger partial charge in [0.1, 0.15) is 12.4 Å². The molecule has 0 heterocycles. The molecule has 0 fully saturated rings. The van der Waals surface area contributed by atoms with Gasteiger partial charge in [-0.15, -0.1) is 0 Å². The normalized spacial score (nSPS) is 11.1. The molecule has 27 heavy (non-hydrogen) atoms. The summed E-state index contributed by atoms with van der Waals surface area (Å²) < 4.78 is 68.9. The van der Waals surface area contributed by atoms with E-state index in [-0.39, 0.29) is 10.6 Å². The summed E-state index contributed by atoms with van der Waals surface area (Å²) in [6.45, 7) is -1.53. The van der Waals surface area contributed by atoms with Crippen LogP contribution in [0.25, 0.3) is 0 Å². The first-order valence-corrected chi connectivity index (χ1v) is 8.81. The fourth-order valence-corrected chi connectivity index (χ4v) is 2.79. The minimum absolute atomic E-state index is 0.0491. The highest BCUT2D eigenvalue weighted by Gasteiger charge is 2.17. The van der Waals surface area contributed by atoms with E-state index in [0.29, 0.717) is 0 Å². The van der Waals surface area contributed by atoms with Crippen molar-refractivity contribution in [2.24, 2.45) is 0 Å².